The smallest absolute Gasteiger partial charge is 0.338 e. The summed E-state index contributed by atoms with van der Waals surface area (Å²) in [6.07, 6.45) is 1.52. The number of carbonyl (C=O) groups is 1. The summed E-state index contributed by atoms with van der Waals surface area (Å²) in [5.74, 6) is -0.0104. The Balaban J connectivity index is 2.00. The van der Waals surface area contributed by atoms with Crippen LogP contribution in [-0.2, 0) is 4.74 Å². The molecule has 0 aliphatic heterocycles. The lowest BCUT2D eigenvalue weighted by Crippen LogP contribution is -2.04. The molecule has 6 heteroatoms. The number of rotatable bonds is 4. The molecule has 0 radical (unpaired) electrons. The fourth-order valence-electron chi connectivity index (χ4n) is 2.05. The molecular weight excluding hydrogens is 429 g/mol. The minimum atomic E-state index is -0.427. The van der Waals surface area contributed by atoms with Crippen molar-refractivity contribution in [3.8, 4) is 11.5 Å². The second-order valence-corrected chi connectivity index (χ2v) is 6.37. The molecule has 0 aliphatic carbocycles. The second kappa shape index (κ2) is 6.72. The van der Waals surface area contributed by atoms with Gasteiger partial charge in [0.1, 0.15) is 12.1 Å². The Kier molecular flexibility index (Phi) is 4.68. The summed E-state index contributed by atoms with van der Waals surface area (Å²) in [6, 6.07) is 10.6. The van der Waals surface area contributed by atoms with Crippen LogP contribution in [0.15, 0.2) is 53.5 Å². The quantitative estimate of drug-likeness (QED) is 0.323. The predicted molar refractivity (Wildman–Crippen MR) is 97.7 cm³/mol. The summed E-state index contributed by atoms with van der Waals surface area (Å²) in [4.78, 5) is 16.3. The number of aromatic nitrogens is 1. The average molecular weight is 440 g/mol. The van der Waals surface area contributed by atoms with E-state index < -0.39 is 5.97 Å². The molecule has 1 heterocycles. The molecule has 0 aliphatic rings. The van der Waals surface area contributed by atoms with Crippen molar-refractivity contribution in [1.29, 1.82) is 0 Å². The summed E-state index contributed by atoms with van der Waals surface area (Å²) in [7, 11) is 0. The number of fused-ring (bicyclic) bond motifs is 1. The van der Waals surface area contributed by atoms with Gasteiger partial charge in [-0.1, -0.05) is 24.3 Å². The largest absolute Gasteiger partial charge is 0.458 e. The van der Waals surface area contributed by atoms with Gasteiger partial charge >= 0.3 is 5.97 Å². The summed E-state index contributed by atoms with van der Waals surface area (Å²) >= 11 is 8.41. The van der Waals surface area contributed by atoms with E-state index in [1.807, 2.05) is 12.1 Å². The molecule has 2 aromatic carbocycles. The number of esters is 1. The van der Waals surface area contributed by atoms with Crippen molar-refractivity contribution in [2.75, 3.05) is 6.61 Å². The van der Waals surface area contributed by atoms with Crippen molar-refractivity contribution in [2.24, 2.45) is 0 Å². The molecule has 23 heavy (non-hydrogen) atoms. The number of halogens is 2. The number of nitrogens with zero attached hydrogens (tertiary/aromatic N) is 1. The first-order chi connectivity index (χ1) is 11.1. The molecule has 0 bridgehead atoms. The van der Waals surface area contributed by atoms with Gasteiger partial charge in [0, 0.05) is 3.57 Å². The average Bonchev–Trinajstić information content (AvgIpc) is 2.97. The van der Waals surface area contributed by atoms with Crippen LogP contribution >= 0.6 is 34.2 Å². The van der Waals surface area contributed by atoms with Crippen molar-refractivity contribution in [3.63, 3.8) is 0 Å². The molecule has 3 aromatic rings. The van der Waals surface area contributed by atoms with E-state index in [9.17, 15) is 4.79 Å². The molecule has 4 nitrogen and oxygen atoms in total. The first-order valence-electron chi connectivity index (χ1n) is 6.72. The maximum atomic E-state index is 11.9. The van der Waals surface area contributed by atoms with Gasteiger partial charge in [0.05, 0.1) is 16.1 Å². The van der Waals surface area contributed by atoms with Crippen molar-refractivity contribution >= 4 is 51.3 Å². The highest BCUT2D eigenvalue weighted by molar-refractivity contribution is 14.1. The van der Waals surface area contributed by atoms with Crippen molar-refractivity contribution in [1.82, 2.24) is 4.98 Å². The summed E-state index contributed by atoms with van der Waals surface area (Å²) in [6.45, 7) is 3.68. The van der Waals surface area contributed by atoms with Crippen LogP contribution in [0.2, 0.25) is 5.02 Å². The van der Waals surface area contributed by atoms with Crippen LogP contribution in [0.25, 0.3) is 22.6 Å². The Bertz CT molecular complexity index is 904. The number of ether oxygens (including phenoxy) is 1. The van der Waals surface area contributed by atoms with E-state index in [1.165, 1.54) is 6.08 Å². The number of oxazole rings is 1. The number of hydrogen-bond acceptors (Lipinski definition) is 4. The van der Waals surface area contributed by atoms with Gasteiger partial charge in [-0.3, -0.25) is 0 Å². The van der Waals surface area contributed by atoms with Crippen LogP contribution in [0.5, 0.6) is 0 Å². The molecule has 3 rings (SSSR count). The van der Waals surface area contributed by atoms with E-state index in [0.717, 1.165) is 3.57 Å². The third kappa shape index (κ3) is 3.40. The van der Waals surface area contributed by atoms with Gasteiger partial charge < -0.3 is 9.15 Å². The molecule has 0 N–H and O–H groups in total. The van der Waals surface area contributed by atoms with Gasteiger partial charge in [0.15, 0.2) is 5.58 Å². The van der Waals surface area contributed by atoms with Crippen LogP contribution in [0, 0.1) is 3.57 Å². The molecule has 0 spiro atoms. The Morgan fingerprint density at radius 1 is 1.35 bits per heavy atom. The summed E-state index contributed by atoms with van der Waals surface area (Å²) in [5, 5.41) is 0.558. The van der Waals surface area contributed by atoms with Crippen LogP contribution in [0.1, 0.15) is 10.4 Å². The standard InChI is InChI=1S/C17H11ClINO3/c1-2-7-22-17(21)10-3-6-15-14(8-10)20-16(23-15)12-9-11(19)4-5-13(12)18/h2-6,8-9H,1,7H2. The fraction of sp³-hybridized carbons (Fsp3) is 0.0588. The van der Waals surface area contributed by atoms with E-state index in [0.29, 0.717) is 33.1 Å². The number of benzene rings is 2. The molecule has 116 valence electrons. The summed E-state index contributed by atoms with van der Waals surface area (Å²) in [5.41, 5.74) is 2.27. The first-order valence-corrected chi connectivity index (χ1v) is 8.18. The minimum absolute atomic E-state index is 0.166. The first kappa shape index (κ1) is 16.0. The topological polar surface area (TPSA) is 52.3 Å². The van der Waals surface area contributed by atoms with E-state index in [4.69, 9.17) is 20.8 Å². The van der Waals surface area contributed by atoms with Crippen LogP contribution in [0.4, 0.5) is 0 Å². The zero-order valence-corrected chi connectivity index (χ0v) is 14.8. The maximum Gasteiger partial charge on any atom is 0.338 e. The molecule has 0 unspecified atom stereocenters. The fourth-order valence-corrected chi connectivity index (χ4v) is 2.74. The van der Waals surface area contributed by atoms with E-state index in [-0.39, 0.29) is 6.61 Å². The monoisotopic (exact) mass is 439 g/mol. The molecule has 0 fully saturated rings. The van der Waals surface area contributed by atoms with Gasteiger partial charge in [-0.2, -0.15) is 0 Å². The van der Waals surface area contributed by atoms with Crippen molar-refractivity contribution in [3.05, 3.63) is 63.2 Å². The van der Waals surface area contributed by atoms with Gasteiger partial charge in [0.2, 0.25) is 5.89 Å². The molecule has 0 amide bonds. The van der Waals surface area contributed by atoms with Gasteiger partial charge in [-0.05, 0) is 59.0 Å². The van der Waals surface area contributed by atoms with Crippen molar-refractivity contribution < 1.29 is 13.9 Å². The van der Waals surface area contributed by atoms with Crippen molar-refractivity contribution in [2.45, 2.75) is 0 Å². The van der Waals surface area contributed by atoms with E-state index in [2.05, 4.69) is 34.2 Å². The molecular formula is C17H11ClINO3. The number of carbonyl (C=O) groups excluding carboxylic acids is 1. The van der Waals surface area contributed by atoms with Crippen LogP contribution < -0.4 is 0 Å². The van der Waals surface area contributed by atoms with Gasteiger partial charge in [-0.15, -0.1) is 0 Å². The highest BCUT2D eigenvalue weighted by atomic mass is 127. The number of hydrogen-bond donors (Lipinski definition) is 0. The highest BCUT2D eigenvalue weighted by Gasteiger charge is 2.14. The van der Waals surface area contributed by atoms with E-state index in [1.54, 1.807) is 24.3 Å². The Morgan fingerprint density at radius 2 is 2.17 bits per heavy atom. The third-order valence-electron chi connectivity index (χ3n) is 3.11. The summed E-state index contributed by atoms with van der Waals surface area (Å²) < 4.78 is 11.8. The normalized spacial score (nSPS) is 10.7. The Morgan fingerprint density at radius 3 is 2.96 bits per heavy atom. The lowest BCUT2D eigenvalue weighted by molar-refractivity contribution is 0.0550. The molecule has 0 saturated heterocycles. The Hall–Kier alpha value is -1.86. The third-order valence-corrected chi connectivity index (χ3v) is 4.11. The zero-order chi connectivity index (χ0) is 16.4. The van der Waals surface area contributed by atoms with Crippen LogP contribution in [-0.4, -0.2) is 17.6 Å². The van der Waals surface area contributed by atoms with Gasteiger partial charge in [0.25, 0.3) is 0 Å². The predicted octanol–water partition coefficient (Wildman–Crippen LogP) is 5.10. The molecule has 1 aromatic heterocycles. The molecule has 0 atom stereocenters. The maximum absolute atomic E-state index is 11.9. The Labute approximate surface area is 151 Å². The SMILES string of the molecule is C=CCOC(=O)c1ccc2oc(-c3cc(I)ccc3Cl)nc2c1. The minimum Gasteiger partial charge on any atom is -0.458 e. The lowest BCUT2D eigenvalue weighted by Gasteiger charge is -2.00. The van der Waals surface area contributed by atoms with Gasteiger partial charge in [-0.25, -0.2) is 9.78 Å². The zero-order valence-electron chi connectivity index (χ0n) is 11.9. The van der Waals surface area contributed by atoms with E-state index >= 15 is 0 Å². The lowest BCUT2D eigenvalue weighted by atomic mass is 10.2. The molecule has 0 saturated carbocycles. The second-order valence-electron chi connectivity index (χ2n) is 4.71. The van der Waals surface area contributed by atoms with Crippen LogP contribution in [0.3, 0.4) is 0 Å². The highest BCUT2D eigenvalue weighted by Crippen LogP contribution is 2.31.